The molecule has 0 saturated carbocycles. The zero-order valence-corrected chi connectivity index (χ0v) is 7.71. The third-order valence-corrected chi connectivity index (χ3v) is 1.59. The predicted molar refractivity (Wildman–Crippen MR) is 50.9 cm³/mol. The van der Waals surface area contributed by atoms with Gasteiger partial charge in [-0.3, -0.25) is 4.79 Å². The van der Waals surface area contributed by atoms with Crippen molar-refractivity contribution in [2.24, 2.45) is 16.5 Å². The molecule has 0 bridgehead atoms. The fraction of sp³-hybridized carbons (Fsp3) is 0.111. The molecule has 0 saturated heterocycles. The first kappa shape index (κ1) is 11.1. The van der Waals surface area contributed by atoms with E-state index in [4.69, 9.17) is 11.5 Å². The first-order chi connectivity index (χ1) is 6.99. The van der Waals surface area contributed by atoms with Crippen LogP contribution in [-0.4, -0.2) is 11.9 Å². The van der Waals surface area contributed by atoms with Gasteiger partial charge in [-0.2, -0.15) is 4.99 Å². The van der Waals surface area contributed by atoms with Crippen molar-refractivity contribution in [1.82, 2.24) is 0 Å². The largest absolute Gasteiger partial charge is 0.370 e. The van der Waals surface area contributed by atoms with E-state index < -0.39 is 17.5 Å². The summed E-state index contributed by atoms with van der Waals surface area (Å²) in [4.78, 5) is 14.3. The normalized spacial score (nSPS) is 9.73. The van der Waals surface area contributed by atoms with Crippen molar-refractivity contribution in [3.05, 3.63) is 35.4 Å². The molecule has 1 aromatic carbocycles. The Hall–Kier alpha value is -1.98. The summed E-state index contributed by atoms with van der Waals surface area (Å²) in [6, 6.07) is 3.15. The van der Waals surface area contributed by atoms with Gasteiger partial charge in [0.2, 0.25) is 0 Å². The minimum absolute atomic E-state index is 0.172. The van der Waals surface area contributed by atoms with Crippen molar-refractivity contribution in [2.45, 2.75) is 6.42 Å². The highest BCUT2D eigenvalue weighted by Crippen LogP contribution is 2.09. The monoisotopic (exact) mass is 213 g/mol. The van der Waals surface area contributed by atoms with E-state index in [2.05, 4.69) is 4.99 Å². The molecule has 0 fully saturated rings. The number of carbonyl (C=O) groups is 1. The molecular formula is C9H9F2N3O. The topological polar surface area (TPSA) is 81.5 Å². The number of rotatable bonds is 2. The Morgan fingerprint density at radius 1 is 1.27 bits per heavy atom. The summed E-state index contributed by atoms with van der Waals surface area (Å²) >= 11 is 0. The van der Waals surface area contributed by atoms with E-state index in [0.29, 0.717) is 5.56 Å². The number of amides is 1. The van der Waals surface area contributed by atoms with E-state index in [0.717, 1.165) is 12.1 Å². The minimum atomic E-state index is -1.01. The third-order valence-electron chi connectivity index (χ3n) is 1.59. The summed E-state index contributed by atoms with van der Waals surface area (Å²) in [5.41, 5.74) is 10.3. The van der Waals surface area contributed by atoms with Crippen molar-refractivity contribution in [1.29, 1.82) is 0 Å². The van der Waals surface area contributed by atoms with E-state index in [9.17, 15) is 13.6 Å². The summed E-state index contributed by atoms with van der Waals surface area (Å²) in [5, 5.41) is 0. The van der Waals surface area contributed by atoms with Crippen LogP contribution in [0.2, 0.25) is 0 Å². The van der Waals surface area contributed by atoms with Gasteiger partial charge in [-0.15, -0.1) is 0 Å². The molecule has 0 aliphatic rings. The molecule has 0 spiro atoms. The zero-order valence-electron chi connectivity index (χ0n) is 7.71. The second-order valence-corrected chi connectivity index (χ2v) is 2.86. The predicted octanol–water partition coefficient (Wildman–Crippen LogP) is 0.307. The Labute approximate surface area is 84.6 Å². The number of carbonyl (C=O) groups excluding carboxylic acids is 1. The molecule has 15 heavy (non-hydrogen) atoms. The van der Waals surface area contributed by atoms with Crippen molar-refractivity contribution in [3.8, 4) is 0 Å². The molecule has 1 aromatic rings. The number of benzene rings is 1. The van der Waals surface area contributed by atoms with Crippen molar-refractivity contribution in [3.63, 3.8) is 0 Å². The number of guanidine groups is 1. The number of aliphatic imine (C=N–C) groups is 1. The number of halogens is 2. The lowest BCUT2D eigenvalue weighted by Gasteiger charge is -1.98. The van der Waals surface area contributed by atoms with Gasteiger partial charge in [-0.05, 0) is 17.7 Å². The Bertz CT molecular complexity index is 414. The van der Waals surface area contributed by atoms with E-state index in [1.807, 2.05) is 0 Å². The van der Waals surface area contributed by atoms with E-state index in [1.165, 1.54) is 6.07 Å². The fourth-order valence-electron chi connectivity index (χ4n) is 1.01. The molecule has 1 rings (SSSR count). The van der Waals surface area contributed by atoms with Gasteiger partial charge in [-0.1, -0.05) is 6.07 Å². The molecular weight excluding hydrogens is 204 g/mol. The highest BCUT2D eigenvalue weighted by atomic mass is 19.2. The third kappa shape index (κ3) is 3.34. The lowest BCUT2D eigenvalue weighted by atomic mass is 10.1. The van der Waals surface area contributed by atoms with Crippen LogP contribution < -0.4 is 11.5 Å². The molecule has 0 aromatic heterocycles. The van der Waals surface area contributed by atoms with E-state index in [-0.39, 0.29) is 12.4 Å². The summed E-state index contributed by atoms with van der Waals surface area (Å²) in [6.07, 6.45) is -0.172. The lowest BCUT2D eigenvalue weighted by molar-refractivity contribution is -0.117. The van der Waals surface area contributed by atoms with Crippen LogP contribution in [0.1, 0.15) is 5.56 Å². The number of nitrogens with two attached hydrogens (primary N) is 2. The summed E-state index contributed by atoms with van der Waals surface area (Å²) in [7, 11) is 0. The summed E-state index contributed by atoms with van der Waals surface area (Å²) < 4.78 is 25.2. The van der Waals surface area contributed by atoms with Crippen LogP contribution >= 0.6 is 0 Å². The summed E-state index contributed by atoms with van der Waals surface area (Å²) in [6.45, 7) is 0. The fourth-order valence-corrected chi connectivity index (χ4v) is 1.01. The van der Waals surface area contributed by atoms with Crippen LogP contribution in [0, 0.1) is 11.6 Å². The Morgan fingerprint density at radius 2 is 1.93 bits per heavy atom. The molecule has 4 nitrogen and oxygen atoms in total. The number of hydrogen-bond acceptors (Lipinski definition) is 1. The first-order valence-electron chi connectivity index (χ1n) is 4.05. The molecule has 1 amide bonds. The van der Waals surface area contributed by atoms with Gasteiger partial charge in [0.15, 0.2) is 17.6 Å². The van der Waals surface area contributed by atoms with E-state index in [1.54, 1.807) is 0 Å². The maximum absolute atomic E-state index is 12.7. The molecule has 0 aliphatic heterocycles. The van der Waals surface area contributed by atoms with Crippen LogP contribution in [0.3, 0.4) is 0 Å². The van der Waals surface area contributed by atoms with Crippen LogP contribution in [0.25, 0.3) is 0 Å². The van der Waals surface area contributed by atoms with Crippen molar-refractivity contribution < 1.29 is 13.6 Å². The SMILES string of the molecule is NC(N)=NC(=O)Cc1ccc(F)c(F)c1. The molecule has 0 unspecified atom stereocenters. The molecule has 0 heterocycles. The van der Waals surface area contributed by atoms with Crippen LogP contribution in [0.5, 0.6) is 0 Å². The second-order valence-electron chi connectivity index (χ2n) is 2.86. The minimum Gasteiger partial charge on any atom is -0.370 e. The van der Waals surface area contributed by atoms with Gasteiger partial charge >= 0.3 is 0 Å². The molecule has 0 radical (unpaired) electrons. The van der Waals surface area contributed by atoms with Crippen molar-refractivity contribution >= 4 is 11.9 Å². The second kappa shape index (κ2) is 4.50. The highest BCUT2D eigenvalue weighted by molar-refractivity contribution is 5.92. The van der Waals surface area contributed by atoms with Crippen LogP contribution in [-0.2, 0) is 11.2 Å². The molecule has 0 atom stereocenters. The summed E-state index contributed by atoms with van der Waals surface area (Å²) in [5.74, 6) is -2.94. The Kier molecular flexibility index (Phi) is 3.33. The molecule has 80 valence electrons. The van der Waals surface area contributed by atoms with Gasteiger partial charge in [0.1, 0.15) is 0 Å². The highest BCUT2D eigenvalue weighted by Gasteiger charge is 2.06. The average molecular weight is 213 g/mol. The van der Waals surface area contributed by atoms with Gasteiger partial charge in [-0.25, -0.2) is 8.78 Å². The smallest absolute Gasteiger partial charge is 0.253 e. The first-order valence-corrected chi connectivity index (χ1v) is 4.05. The van der Waals surface area contributed by atoms with E-state index >= 15 is 0 Å². The van der Waals surface area contributed by atoms with Crippen LogP contribution in [0.15, 0.2) is 23.2 Å². The van der Waals surface area contributed by atoms with Crippen molar-refractivity contribution in [2.75, 3.05) is 0 Å². The lowest BCUT2D eigenvalue weighted by Crippen LogP contribution is -2.24. The molecule has 4 N–H and O–H groups in total. The Morgan fingerprint density at radius 3 is 2.47 bits per heavy atom. The molecule has 0 aliphatic carbocycles. The van der Waals surface area contributed by atoms with Gasteiger partial charge in [0, 0.05) is 0 Å². The maximum Gasteiger partial charge on any atom is 0.253 e. The van der Waals surface area contributed by atoms with Gasteiger partial charge in [0.05, 0.1) is 6.42 Å². The number of hydrogen-bond donors (Lipinski definition) is 2. The van der Waals surface area contributed by atoms with Gasteiger partial charge < -0.3 is 11.5 Å². The maximum atomic E-state index is 12.7. The standard InChI is InChI=1S/C9H9F2N3O/c10-6-2-1-5(3-7(6)11)4-8(15)14-9(12)13/h1-3H,4H2,(H4,12,13,14,15). The zero-order chi connectivity index (χ0) is 11.4. The molecule has 6 heteroatoms. The Balaban J connectivity index is 2.78. The number of nitrogens with zero attached hydrogens (tertiary/aromatic N) is 1. The quantitative estimate of drug-likeness (QED) is 0.547. The van der Waals surface area contributed by atoms with Gasteiger partial charge in [0.25, 0.3) is 5.91 Å². The van der Waals surface area contributed by atoms with Crippen LogP contribution in [0.4, 0.5) is 8.78 Å². The average Bonchev–Trinajstić information content (AvgIpc) is 2.10.